The first-order chi connectivity index (χ1) is 13.5. The molecule has 0 saturated carbocycles. The third-order valence-corrected chi connectivity index (χ3v) is 3.76. The molecule has 1 amide bonds. The predicted octanol–water partition coefficient (Wildman–Crippen LogP) is 3.16. The average Bonchev–Trinajstić information content (AvgIpc) is 3.16. The lowest BCUT2D eigenvalue weighted by atomic mass is 10.1. The van der Waals surface area contributed by atoms with Gasteiger partial charge in [0, 0.05) is 17.0 Å². The van der Waals surface area contributed by atoms with Crippen LogP contribution < -0.4 is 11.2 Å². The van der Waals surface area contributed by atoms with Crippen LogP contribution in [-0.2, 0) is 4.79 Å². The number of nitrogens with zero attached hydrogens (tertiary/aromatic N) is 2. The van der Waals surface area contributed by atoms with Crippen LogP contribution in [0.25, 0.3) is 11.3 Å². The molecule has 7 nitrogen and oxygen atoms in total. The number of hydrogen-bond donors (Lipinski definition) is 4. The number of hydrogen-bond acceptors (Lipinski definition) is 4. The monoisotopic (exact) mass is 403 g/mol. The number of nitrogens with two attached hydrogens (primary N) is 1. The summed E-state index contributed by atoms with van der Waals surface area (Å²) in [6, 6.07) is 15.6. The summed E-state index contributed by atoms with van der Waals surface area (Å²) in [4.78, 5) is 14.7. The van der Waals surface area contributed by atoms with Crippen molar-refractivity contribution in [2.45, 2.75) is 6.42 Å². The van der Waals surface area contributed by atoms with E-state index >= 15 is 0 Å². The molecular weight excluding hydrogens is 385 g/mol. The average molecular weight is 404 g/mol. The van der Waals surface area contributed by atoms with E-state index in [4.69, 9.17) is 17.3 Å². The predicted molar refractivity (Wildman–Crippen MR) is 106 cm³/mol. The number of amides is 1. The maximum absolute atomic E-state index is 13.8. The molecule has 28 heavy (non-hydrogen) atoms. The first kappa shape index (κ1) is 21.1. The van der Waals surface area contributed by atoms with E-state index in [2.05, 4.69) is 15.2 Å². The van der Waals surface area contributed by atoms with Crippen molar-refractivity contribution in [3.63, 3.8) is 0 Å². The van der Waals surface area contributed by atoms with Crippen LogP contribution >= 0.6 is 11.6 Å². The van der Waals surface area contributed by atoms with Gasteiger partial charge in [-0.15, -0.1) is 0 Å². The zero-order chi connectivity index (χ0) is 20.4. The van der Waals surface area contributed by atoms with Gasteiger partial charge >= 0.3 is 0 Å². The molecule has 0 atom stereocenters. The van der Waals surface area contributed by atoms with Gasteiger partial charge in [-0.25, -0.2) is 4.39 Å². The number of hydroxylamine groups is 1. The number of halogens is 2. The van der Waals surface area contributed by atoms with E-state index < -0.39 is 11.7 Å². The van der Waals surface area contributed by atoms with Gasteiger partial charge in [0.2, 0.25) is 5.91 Å². The van der Waals surface area contributed by atoms with Crippen molar-refractivity contribution in [2.75, 3.05) is 6.54 Å². The van der Waals surface area contributed by atoms with Crippen LogP contribution in [0.15, 0.2) is 65.8 Å². The summed E-state index contributed by atoms with van der Waals surface area (Å²) in [6.45, 7) is 0.0973. The van der Waals surface area contributed by atoms with Crippen molar-refractivity contribution < 1.29 is 14.4 Å². The van der Waals surface area contributed by atoms with Crippen molar-refractivity contribution in [3.05, 3.63) is 77.2 Å². The van der Waals surface area contributed by atoms with E-state index in [-0.39, 0.29) is 18.8 Å². The number of nitrogens with one attached hydrogen (secondary N) is 2. The lowest BCUT2D eigenvalue weighted by Gasteiger charge is -2.06. The van der Waals surface area contributed by atoms with Gasteiger partial charge < -0.3 is 5.73 Å². The number of primary amides is 1. The topological polar surface area (TPSA) is 116 Å². The Morgan fingerprint density at radius 2 is 1.89 bits per heavy atom. The second kappa shape index (κ2) is 10.8. The molecule has 0 spiro atoms. The van der Waals surface area contributed by atoms with E-state index in [9.17, 15) is 14.4 Å². The van der Waals surface area contributed by atoms with Crippen molar-refractivity contribution in [3.8, 4) is 11.3 Å². The summed E-state index contributed by atoms with van der Waals surface area (Å²) in [5.74, 6) is -0.863. The molecule has 0 fully saturated rings. The normalized spacial score (nSPS) is 10.8. The molecule has 0 aliphatic carbocycles. The van der Waals surface area contributed by atoms with E-state index in [0.717, 1.165) is 5.02 Å². The number of H-pyrrole nitrogens is 1. The molecule has 2 aromatic carbocycles. The van der Waals surface area contributed by atoms with Crippen molar-refractivity contribution in [1.82, 2.24) is 15.7 Å². The molecule has 1 heterocycles. The summed E-state index contributed by atoms with van der Waals surface area (Å²) in [7, 11) is 0. The quantitative estimate of drug-likeness (QED) is 0.297. The highest BCUT2D eigenvalue weighted by molar-refractivity contribution is 6.30. The first-order valence-electron chi connectivity index (χ1n) is 8.25. The van der Waals surface area contributed by atoms with E-state index in [1.54, 1.807) is 18.2 Å². The third-order valence-electron chi connectivity index (χ3n) is 3.50. The molecule has 5 N–H and O–H groups in total. The molecule has 0 saturated heterocycles. The summed E-state index contributed by atoms with van der Waals surface area (Å²) in [5.41, 5.74) is 7.99. The molecule has 1 aromatic heterocycles. The van der Waals surface area contributed by atoms with Crippen LogP contribution in [0.1, 0.15) is 12.0 Å². The summed E-state index contributed by atoms with van der Waals surface area (Å²) < 4.78 is 13.8. The standard InChI is InChI=1S/C13H14FN5O2.C6H5Cl/c14-10-4-2-1-3-8(10)12-9(7-17-18-12)13(19-21)16-6-5-11(15)20;7-6-4-2-1-3-5-6/h1-4,7,21H,5-6H2,(H2,15,20)(H,16,19)(H,17,18);1-5H. The number of amidine groups is 1. The number of aromatic nitrogens is 2. The Morgan fingerprint density at radius 3 is 2.46 bits per heavy atom. The fraction of sp³-hybridized carbons (Fsp3) is 0.105. The zero-order valence-electron chi connectivity index (χ0n) is 14.8. The number of carbonyl (C=O) groups is 1. The fourth-order valence-electron chi connectivity index (χ4n) is 2.21. The Kier molecular flexibility index (Phi) is 8.13. The molecule has 3 aromatic rings. The highest BCUT2D eigenvalue weighted by Crippen LogP contribution is 2.24. The second-order valence-electron chi connectivity index (χ2n) is 5.49. The largest absolute Gasteiger partial charge is 0.370 e. The molecule has 9 heteroatoms. The number of benzene rings is 2. The van der Waals surface area contributed by atoms with Crippen LogP contribution in [0.5, 0.6) is 0 Å². The Labute approximate surface area is 166 Å². The Balaban J connectivity index is 0.000000336. The maximum Gasteiger partial charge on any atom is 0.219 e. The van der Waals surface area contributed by atoms with Gasteiger partial charge in [0.15, 0.2) is 5.84 Å². The van der Waals surface area contributed by atoms with Gasteiger partial charge in [-0.1, -0.05) is 41.9 Å². The fourth-order valence-corrected chi connectivity index (χ4v) is 2.35. The zero-order valence-corrected chi connectivity index (χ0v) is 15.5. The van der Waals surface area contributed by atoms with Gasteiger partial charge in [-0.05, 0) is 24.3 Å². The summed E-state index contributed by atoms with van der Waals surface area (Å²) >= 11 is 5.54. The smallest absolute Gasteiger partial charge is 0.219 e. The van der Waals surface area contributed by atoms with Gasteiger partial charge in [0.25, 0.3) is 0 Å². The van der Waals surface area contributed by atoms with Crippen LogP contribution in [0, 0.1) is 5.82 Å². The molecular formula is C19H19ClFN5O2. The molecule has 3 rings (SSSR count). The SMILES string of the molecule is Clc1ccccc1.NC(=O)CCN=C(NO)c1cn[nH]c1-c1ccccc1F. The summed E-state index contributed by atoms with van der Waals surface area (Å²) in [6.07, 6.45) is 1.44. The molecule has 146 valence electrons. The minimum atomic E-state index is -0.502. The van der Waals surface area contributed by atoms with E-state index in [1.165, 1.54) is 12.3 Å². The summed E-state index contributed by atoms with van der Waals surface area (Å²) in [5, 5.41) is 16.5. The lowest BCUT2D eigenvalue weighted by Crippen LogP contribution is -2.22. The van der Waals surface area contributed by atoms with Crippen molar-refractivity contribution in [2.24, 2.45) is 10.7 Å². The molecule has 0 bridgehead atoms. The number of rotatable bonds is 5. The van der Waals surface area contributed by atoms with Crippen LogP contribution in [0.4, 0.5) is 4.39 Å². The van der Waals surface area contributed by atoms with Gasteiger partial charge in [0.05, 0.1) is 24.0 Å². The van der Waals surface area contributed by atoms with Crippen LogP contribution in [0.2, 0.25) is 5.02 Å². The van der Waals surface area contributed by atoms with Crippen molar-refractivity contribution >= 4 is 23.3 Å². The van der Waals surface area contributed by atoms with Crippen LogP contribution in [0.3, 0.4) is 0 Å². The Bertz CT molecular complexity index is 931. The second-order valence-corrected chi connectivity index (χ2v) is 5.93. The Morgan fingerprint density at radius 1 is 1.21 bits per heavy atom. The highest BCUT2D eigenvalue weighted by Gasteiger charge is 2.15. The van der Waals surface area contributed by atoms with E-state index in [1.807, 2.05) is 35.8 Å². The number of aromatic amines is 1. The molecule has 0 unspecified atom stereocenters. The number of carbonyl (C=O) groups excluding carboxylic acids is 1. The van der Waals surface area contributed by atoms with Crippen LogP contribution in [-0.4, -0.2) is 33.7 Å². The highest BCUT2D eigenvalue weighted by atomic mass is 35.5. The van der Waals surface area contributed by atoms with Crippen molar-refractivity contribution in [1.29, 1.82) is 0 Å². The third kappa shape index (κ3) is 6.19. The van der Waals surface area contributed by atoms with Gasteiger partial charge in [-0.3, -0.25) is 25.6 Å². The van der Waals surface area contributed by atoms with Gasteiger partial charge in [0.1, 0.15) is 5.82 Å². The maximum atomic E-state index is 13.8. The molecule has 0 aliphatic heterocycles. The molecule has 0 radical (unpaired) electrons. The lowest BCUT2D eigenvalue weighted by molar-refractivity contribution is -0.117. The van der Waals surface area contributed by atoms with E-state index in [0.29, 0.717) is 16.8 Å². The Hall–Kier alpha value is -3.23. The minimum absolute atomic E-state index is 0.0397. The number of aliphatic imine (C=N–C) groups is 1. The van der Waals surface area contributed by atoms with Gasteiger partial charge in [-0.2, -0.15) is 5.10 Å². The molecule has 0 aliphatic rings. The first-order valence-corrected chi connectivity index (χ1v) is 8.62. The minimum Gasteiger partial charge on any atom is -0.370 e.